The van der Waals surface area contributed by atoms with E-state index < -0.39 is 0 Å². The van der Waals surface area contributed by atoms with E-state index in [1.165, 1.54) is 11.6 Å². The van der Waals surface area contributed by atoms with E-state index in [1.807, 2.05) is 36.4 Å². The minimum Gasteiger partial charge on any atom is -0.508 e. The van der Waals surface area contributed by atoms with E-state index in [1.54, 1.807) is 36.4 Å². The van der Waals surface area contributed by atoms with Crippen LogP contribution < -0.4 is 15.4 Å². The molecule has 3 aromatic carbocycles. The fourth-order valence-electron chi connectivity index (χ4n) is 2.58. The zero-order valence-electron chi connectivity index (χ0n) is 15.1. The van der Waals surface area contributed by atoms with E-state index in [4.69, 9.17) is 17.0 Å². The summed E-state index contributed by atoms with van der Waals surface area (Å²) in [5.74, 6) is 0.390. The highest BCUT2D eigenvalue weighted by Crippen LogP contribution is 2.16. The number of anilines is 1. The molecular weight excluding hydrogens is 372 g/mol. The molecule has 0 bridgehead atoms. The first kappa shape index (κ1) is 19.4. The lowest BCUT2D eigenvalue weighted by Gasteiger charge is -2.11. The Morgan fingerprint density at radius 2 is 1.75 bits per heavy atom. The number of carbonyl (C=O) groups is 1. The third kappa shape index (κ3) is 5.82. The van der Waals surface area contributed by atoms with Crippen molar-refractivity contribution in [2.75, 3.05) is 11.9 Å². The topological polar surface area (TPSA) is 70.6 Å². The number of hydrogen-bond acceptors (Lipinski definition) is 4. The van der Waals surface area contributed by atoms with Gasteiger partial charge >= 0.3 is 0 Å². The Balaban J connectivity index is 1.53. The van der Waals surface area contributed by atoms with Crippen molar-refractivity contribution in [3.8, 4) is 11.5 Å². The van der Waals surface area contributed by atoms with Crippen molar-refractivity contribution in [1.82, 2.24) is 5.32 Å². The molecular formula is C22H20N2O3S. The van der Waals surface area contributed by atoms with E-state index in [0.717, 1.165) is 6.42 Å². The summed E-state index contributed by atoms with van der Waals surface area (Å²) in [4.78, 5) is 12.4. The van der Waals surface area contributed by atoms with Gasteiger partial charge in [-0.3, -0.25) is 10.1 Å². The molecule has 3 aromatic rings. The lowest BCUT2D eigenvalue weighted by Crippen LogP contribution is -2.34. The van der Waals surface area contributed by atoms with Gasteiger partial charge in [0.25, 0.3) is 5.91 Å². The molecule has 0 unspecified atom stereocenters. The zero-order valence-corrected chi connectivity index (χ0v) is 15.9. The Bertz CT molecular complexity index is 961. The Morgan fingerprint density at radius 1 is 0.964 bits per heavy atom. The monoisotopic (exact) mass is 392 g/mol. The minimum absolute atomic E-state index is 0.111. The molecule has 0 atom stereocenters. The molecule has 3 N–H and O–H groups in total. The molecule has 0 aromatic heterocycles. The highest BCUT2D eigenvalue weighted by molar-refractivity contribution is 7.80. The number of hydrogen-bond donors (Lipinski definition) is 3. The molecule has 0 aliphatic rings. The van der Waals surface area contributed by atoms with Crippen LogP contribution in [0.4, 0.5) is 5.69 Å². The molecule has 142 valence electrons. The van der Waals surface area contributed by atoms with Crippen molar-refractivity contribution in [2.24, 2.45) is 0 Å². The van der Waals surface area contributed by atoms with Crippen LogP contribution in [-0.2, 0) is 6.42 Å². The summed E-state index contributed by atoms with van der Waals surface area (Å²) in [6.45, 7) is 0.520. The van der Waals surface area contributed by atoms with Gasteiger partial charge in [0.2, 0.25) is 0 Å². The van der Waals surface area contributed by atoms with Crippen LogP contribution in [0, 0.1) is 0 Å². The Hall–Kier alpha value is -3.38. The maximum Gasteiger partial charge on any atom is 0.257 e. The van der Waals surface area contributed by atoms with Crippen molar-refractivity contribution < 1.29 is 14.6 Å². The smallest absolute Gasteiger partial charge is 0.257 e. The van der Waals surface area contributed by atoms with Crippen molar-refractivity contribution in [3.63, 3.8) is 0 Å². The Labute approximate surface area is 169 Å². The third-order valence-electron chi connectivity index (χ3n) is 3.93. The van der Waals surface area contributed by atoms with Gasteiger partial charge in [0, 0.05) is 23.7 Å². The number of rotatable bonds is 6. The second-order valence-corrected chi connectivity index (χ2v) is 6.48. The quantitative estimate of drug-likeness (QED) is 0.550. The minimum atomic E-state index is -0.342. The van der Waals surface area contributed by atoms with E-state index in [0.29, 0.717) is 23.6 Å². The Kier molecular flexibility index (Phi) is 6.59. The lowest BCUT2D eigenvalue weighted by molar-refractivity contribution is 0.0977. The molecule has 3 rings (SSSR count). The zero-order chi connectivity index (χ0) is 19.8. The highest BCUT2D eigenvalue weighted by atomic mass is 32.1. The number of phenols is 1. The molecule has 0 aliphatic heterocycles. The SMILES string of the molecule is O=C(NC(=S)Nc1cccc(O)c1)c1cccc(OCCc2ccccc2)c1. The van der Waals surface area contributed by atoms with Crippen LogP contribution in [-0.4, -0.2) is 22.7 Å². The maximum atomic E-state index is 12.4. The molecule has 0 aliphatic carbocycles. The van der Waals surface area contributed by atoms with Gasteiger partial charge in [-0.05, 0) is 48.1 Å². The molecule has 1 amide bonds. The van der Waals surface area contributed by atoms with Crippen LogP contribution in [0.25, 0.3) is 0 Å². The van der Waals surface area contributed by atoms with Gasteiger partial charge in [-0.2, -0.15) is 0 Å². The summed E-state index contributed by atoms with van der Waals surface area (Å²) >= 11 is 5.16. The predicted molar refractivity (Wildman–Crippen MR) is 114 cm³/mol. The normalized spacial score (nSPS) is 10.1. The fourth-order valence-corrected chi connectivity index (χ4v) is 2.79. The highest BCUT2D eigenvalue weighted by Gasteiger charge is 2.09. The second kappa shape index (κ2) is 9.53. The van der Waals surface area contributed by atoms with Crippen molar-refractivity contribution in [3.05, 3.63) is 90.0 Å². The molecule has 0 saturated heterocycles. The van der Waals surface area contributed by atoms with Crippen molar-refractivity contribution in [1.29, 1.82) is 0 Å². The summed E-state index contributed by atoms with van der Waals surface area (Å²) in [5.41, 5.74) is 2.22. The Morgan fingerprint density at radius 3 is 2.54 bits per heavy atom. The van der Waals surface area contributed by atoms with Gasteiger partial charge < -0.3 is 15.2 Å². The number of amides is 1. The van der Waals surface area contributed by atoms with Gasteiger partial charge in [-0.25, -0.2) is 0 Å². The van der Waals surface area contributed by atoms with E-state index in [2.05, 4.69) is 10.6 Å². The molecule has 6 heteroatoms. The molecule has 0 fully saturated rings. The van der Waals surface area contributed by atoms with E-state index >= 15 is 0 Å². The standard InChI is InChI=1S/C22H20N2O3S/c25-19-10-5-9-18(15-19)23-22(28)24-21(26)17-8-4-11-20(14-17)27-13-12-16-6-2-1-3-7-16/h1-11,14-15,25H,12-13H2,(H2,23,24,26,28). The fraction of sp³-hybridized carbons (Fsp3) is 0.0909. The second-order valence-electron chi connectivity index (χ2n) is 6.07. The number of phenolic OH excluding ortho intramolecular Hbond substituents is 1. The van der Waals surface area contributed by atoms with Gasteiger partial charge in [-0.15, -0.1) is 0 Å². The predicted octanol–water partition coefficient (Wildman–Crippen LogP) is 4.14. The summed E-state index contributed by atoms with van der Waals surface area (Å²) in [5, 5.41) is 15.1. The van der Waals surface area contributed by atoms with Gasteiger partial charge in [0.15, 0.2) is 5.11 Å². The lowest BCUT2D eigenvalue weighted by atomic mass is 10.2. The van der Waals surface area contributed by atoms with Crippen LogP contribution in [0.3, 0.4) is 0 Å². The summed E-state index contributed by atoms with van der Waals surface area (Å²) in [6, 6.07) is 23.5. The number of benzene rings is 3. The molecule has 0 spiro atoms. The number of nitrogens with one attached hydrogen (secondary N) is 2. The number of aromatic hydroxyl groups is 1. The van der Waals surface area contributed by atoms with Gasteiger partial charge in [-0.1, -0.05) is 42.5 Å². The van der Waals surface area contributed by atoms with Crippen molar-refractivity contribution in [2.45, 2.75) is 6.42 Å². The van der Waals surface area contributed by atoms with Crippen LogP contribution in [0.15, 0.2) is 78.9 Å². The largest absolute Gasteiger partial charge is 0.508 e. The summed E-state index contributed by atoms with van der Waals surface area (Å²) < 4.78 is 5.76. The first-order valence-electron chi connectivity index (χ1n) is 8.78. The average molecular weight is 392 g/mol. The van der Waals surface area contributed by atoms with E-state index in [-0.39, 0.29) is 16.8 Å². The van der Waals surface area contributed by atoms with E-state index in [9.17, 15) is 9.90 Å². The molecule has 5 nitrogen and oxygen atoms in total. The summed E-state index contributed by atoms with van der Waals surface area (Å²) in [7, 11) is 0. The number of carbonyl (C=O) groups excluding carboxylic acids is 1. The number of ether oxygens (including phenoxy) is 1. The first-order valence-corrected chi connectivity index (χ1v) is 9.19. The molecule has 0 heterocycles. The van der Waals surface area contributed by atoms with Gasteiger partial charge in [0.1, 0.15) is 11.5 Å². The van der Waals surface area contributed by atoms with Crippen LogP contribution in [0.5, 0.6) is 11.5 Å². The maximum absolute atomic E-state index is 12.4. The van der Waals surface area contributed by atoms with Gasteiger partial charge in [0.05, 0.1) is 6.61 Å². The molecule has 0 saturated carbocycles. The third-order valence-corrected chi connectivity index (χ3v) is 4.13. The van der Waals surface area contributed by atoms with Crippen LogP contribution in [0.2, 0.25) is 0 Å². The molecule has 0 radical (unpaired) electrons. The summed E-state index contributed by atoms with van der Waals surface area (Å²) in [6.07, 6.45) is 0.787. The number of thiocarbonyl (C=S) groups is 1. The average Bonchev–Trinajstić information content (AvgIpc) is 2.69. The molecule has 28 heavy (non-hydrogen) atoms. The van der Waals surface area contributed by atoms with Crippen LogP contribution >= 0.6 is 12.2 Å². The van der Waals surface area contributed by atoms with Crippen LogP contribution in [0.1, 0.15) is 15.9 Å². The van der Waals surface area contributed by atoms with Crippen molar-refractivity contribution >= 4 is 28.9 Å². The first-order chi connectivity index (χ1) is 13.6.